The zero-order valence-electron chi connectivity index (χ0n) is 11.3. The van der Waals surface area contributed by atoms with Crippen molar-refractivity contribution in [3.8, 4) is 16.3 Å². The number of rotatable bonds is 4. The van der Waals surface area contributed by atoms with Crippen LogP contribution in [0.5, 0.6) is 5.75 Å². The summed E-state index contributed by atoms with van der Waals surface area (Å²) in [5.41, 5.74) is 9.40. The summed E-state index contributed by atoms with van der Waals surface area (Å²) in [5, 5.41) is 10.4. The molecular weight excluding hydrogens is 287 g/mol. The smallest absolute Gasteiger partial charge is 0.124 e. The fraction of sp³-hybridized carbons (Fsp3) is 0.188. The van der Waals surface area contributed by atoms with Gasteiger partial charge in [-0.1, -0.05) is 0 Å². The lowest BCUT2D eigenvalue weighted by molar-refractivity contribution is 0.473. The van der Waals surface area contributed by atoms with Gasteiger partial charge in [-0.3, -0.25) is 4.39 Å². The Balaban J connectivity index is 2.01. The lowest BCUT2D eigenvalue weighted by atomic mass is 10.0. The first-order valence-corrected chi connectivity index (χ1v) is 7.53. The molecular formula is C16H15FN2OS. The highest BCUT2D eigenvalue weighted by atomic mass is 32.1. The molecule has 0 saturated heterocycles. The predicted molar refractivity (Wildman–Crippen MR) is 85.4 cm³/mol. The standard InChI is InChI=1S/C16H15FN2OS/c17-7-1-2-10-8-11(3-5-13(10)18)16-19-14-6-4-12(20)9-15(14)21-16/h3-6,8-9,20H,1-2,7,18H2. The number of aromatic hydroxyl groups is 1. The van der Waals surface area contributed by atoms with Crippen molar-refractivity contribution in [3.63, 3.8) is 0 Å². The van der Waals surface area contributed by atoms with E-state index in [0.29, 0.717) is 18.5 Å². The molecule has 0 aliphatic heterocycles. The van der Waals surface area contributed by atoms with Crippen molar-refractivity contribution >= 4 is 27.2 Å². The lowest BCUT2D eigenvalue weighted by Gasteiger charge is -2.06. The van der Waals surface area contributed by atoms with Gasteiger partial charge in [0, 0.05) is 11.3 Å². The van der Waals surface area contributed by atoms with Crippen LogP contribution in [0.1, 0.15) is 12.0 Å². The van der Waals surface area contributed by atoms with Crippen LogP contribution in [-0.2, 0) is 6.42 Å². The molecule has 1 heterocycles. The molecule has 2 aromatic carbocycles. The van der Waals surface area contributed by atoms with E-state index in [-0.39, 0.29) is 12.4 Å². The second-order valence-corrected chi connectivity index (χ2v) is 5.91. The summed E-state index contributed by atoms with van der Waals surface area (Å²) in [6.07, 6.45) is 1.10. The topological polar surface area (TPSA) is 59.1 Å². The Morgan fingerprint density at radius 3 is 2.86 bits per heavy atom. The van der Waals surface area contributed by atoms with E-state index in [4.69, 9.17) is 5.73 Å². The van der Waals surface area contributed by atoms with Crippen molar-refractivity contribution in [2.75, 3.05) is 12.4 Å². The number of nitrogen functional groups attached to an aromatic ring is 1. The molecule has 5 heteroatoms. The average molecular weight is 302 g/mol. The van der Waals surface area contributed by atoms with Crippen LogP contribution in [0.4, 0.5) is 10.1 Å². The van der Waals surface area contributed by atoms with Crippen molar-refractivity contribution in [2.24, 2.45) is 0 Å². The molecule has 3 nitrogen and oxygen atoms in total. The Bertz CT molecular complexity index is 785. The number of phenolic OH excluding ortho intramolecular Hbond substituents is 1. The molecule has 0 atom stereocenters. The highest BCUT2D eigenvalue weighted by Crippen LogP contribution is 2.33. The largest absolute Gasteiger partial charge is 0.508 e. The monoisotopic (exact) mass is 302 g/mol. The summed E-state index contributed by atoms with van der Waals surface area (Å²) in [6, 6.07) is 10.9. The van der Waals surface area contributed by atoms with Crippen LogP contribution in [-0.4, -0.2) is 16.8 Å². The number of halogens is 1. The van der Waals surface area contributed by atoms with Crippen molar-refractivity contribution in [2.45, 2.75) is 12.8 Å². The molecule has 0 radical (unpaired) electrons. The van der Waals surface area contributed by atoms with Gasteiger partial charge < -0.3 is 10.8 Å². The maximum Gasteiger partial charge on any atom is 0.124 e. The zero-order chi connectivity index (χ0) is 14.8. The Labute approximate surface area is 125 Å². The molecule has 108 valence electrons. The van der Waals surface area contributed by atoms with Gasteiger partial charge >= 0.3 is 0 Å². The van der Waals surface area contributed by atoms with Crippen LogP contribution in [0.25, 0.3) is 20.8 Å². The summed E-state index contributed by atoms with van der Waals surface area (Å²) < 4.78 is 13.3. The Morgan fingerprint density at radius 1 is 1.19 bits per heavy atom. The molecule has 0 aliphatic rings. The van der Waals surface area contributed by atoms with E-state index in [9.17, 15) is 9.50 Å². The fourth-order valence-corrected chi connectivity index (χ4v) is 3.24. The van der Waals surface area contributed by atoms with E-state index >= 15 is 0 Å². The fourth-order valence-electron chi connectivity index (χ4n) is 2.25. The molecule has 3 rings (SSSR count). The number of nitrogens with zero attached hydrogens (tertiary/aromatic N) is 1. The minimum Gasteiger partial charge on any atom is -0.508 e. The predicted octanol–water partition coefficient (Wildman–Crippen LogP) is 4.15. The number of benzene rings is 2. The number of aryl methyl sites for hydroxylation is 1. The third-order valence-electron chi connectivity index (χ3n) is 3.34. The van der Waals surface area contributed by atoms with Gasteiger partial charge in [0.2, 0.25) is 0 Å². The molecule has 0 aliphatic carbocycles. The molecule has 0 bridgehead atoms. The quantitative estimate of drug-likeness (QED) is 0.712. The number of thiazole rings is 1. The third-order valence-corrected chi connectivity index (χ3v) is 4.41. The van der Waals surface area contributed by atoms with Crippen molar-refractivity contribution in [3.05, 3.63) is 42.0 Å². The number of alkyl halides is 1. The molecule has 0 unspecified atom stereocenters. The summed E-state index contributed by atoms with van der Waals surface area (Å²) in [4.78, 5) is 4.57. The Hall–Kier alpha value is -2.14. The van der Waals surface area contributed by atoms with Crippen LogP contribution in [0, 0.1) is 0 Å². The van der Waals surface area contributed by atoms with Crippen LogP contribution in [0.2, 0.25) is 0 Å². The molecule has 3 aromatic rings. The molecule has 1 aromatic heterocycles. The van der Waals surface area contributed by atoms with E-state index in [1.54, 1.807) is 18.2 Å². The number of fused-ring (bicyclic) bond motifs is 1. The van der Waals surface area contributed by atoms with E-state index in [0.717, 1.165) is 26.4 Å². The summed E-state index contributed by atoms with van der Waals surface area (Å²) >= 11 is 1.52. The van der Waals surface area contributed by atoms with Gasteiger partial charge in [-0.2, -0.15) is 0 Å². The van der Waals surface area contributed by atoms with E-state index in [1.807, 2.05) is 18.2 Å². The van der Waals surface area contributed by atoms with Crippen molar-refractivity contribution in [1.29, 1.82) is 0 Å². The number of anilines is 1. The van der Waals surface area contributed by atoms with Gasteiger partial charge in [0.1, 0.15) is 10.8 Å². The van der Waals surface area contributed by atoms with Gasteiger partial charge in [-0.15, -0.1) is 11.3 Å². The van der Waals surface area contributed by atoms with E-state index in [1.165, 1.54) is 11.3 Å². The lowest BCUT2D eigenvalue weighted by Crippen LogP contribution is -1.95. The number of hydrogen-bond acceptors (Lipinski definition) is 4. The number of phenols is 1. The molecule has 0 saturated carbocycles. The summed E-state index contributed by atoms with van der Waals surface area (Å²) in [6.45, 7) is -0.343. The second-order valence-electron chi connectivity index (χ2n) is 4.88. The van der Waals surface area contributed by atoms with Crippen molar-refractivity contribution < 1.29 is 9.50 Å². The number of hydrogen-bond donors (Lipinski definition) is 2. The maximum atomic E-state index is 12.3. The molecule has 21 heavy (non-hydrogen) atoms. The van der Waals surface area contributed by atoms with E-state index in [2.05, 4.69) is 4.98 Å². The van der Waals surface area contributed by atoms with Gasteiger partial charge in [-0.25, -0.2) is 4.98 Å². The van der Waals surface area contributed by atoms with Gasteiger partial charge in [0.15, 0.2) is 0 Å². The molecule has 3 N–H and O–H groups in total. The van der Waals surface area contributed by atoms with Crippen LogP contribution in [0.15, 0.2) is 36.4 Å². The number of nitrogens with two attached hydrogens (primary N) is 1. The minimum absolute atomic E-state index is 0.235. The molecule has 0 spiro atoms. The normalized spacial score (nSPS) is 11.1. The van der Waals surface area contributed by atoms with Crippen molar-refractivity contribution in [1.82, 2.24) is 4.98 Å². The summed E-state index contributed by atoms with van der Waals surface area (Å²) in [7, 11) is 0. The SMILES string of the molecule is Nc1ccc(-c2nc3ccc(O)cc3s2)cc1CCCF. The third kappa shape index (κ3) is 2.83. The zero-order valence-corrected chi connectivity index (χ0v) is 12.2. The number of aromatic nitrogens is 1. The van der Waals surface area contributed by atoms with Gasteiger partial charge in [0.05, 0.1) is 16.9 Å². The first-order valence-electron chi connectivity index (χ1n) is 6.71. The Morgan fingerprint density at radius 2 is 2.05 bits per heavy atom. The summed E-state index contributed by atoms with van der Waals surface area (Å²) in [5.74, 6) is 0.235. The maximum absolute atomic E-state index is 12.3. The Kier molecular flexibility index (Phi) is 3.75. The molecule has 0 amide bonds. The van der Waals surface area contributed by atoms with Crippen LogP contribution < -0.4 is 5.73 Å². The molecule has 0 fully saturated rings. The van der Waals surface area contributed by atoms with Gasteiger partial charge in [0.25, 0.3) is 0 Å². The first kappa shape index (κ1) is 13.8. The minimum atomic E-state index is -0.343. The second kappa shape index (κ2) is 5.69. The first-order chi connectivity index (χ1) is 10.2. The van der Waals surface area contributed by atoms with E-state index < -0.39 is 0 Å². The average Bonchev–Trinajstić information content (AvgIpc) is 2.89. The van der Waals surface area contributed by atoms with Crippen LogP contribution in [0.3, 0.4) is 0 Å². The highest BCUT2D eigenvalue weighted by Gasteiger charge is 2.09. The highest BCUT2D eigenvalue weighted by molar-refractivity contribution is 7.21. The van der Waals surface area contributed by atoms with Crippen LogP contribution >= 0.6 is 11.3 Å². The van der Waals surface area contributed by atoms with Gasteiger partial charge in [-0.05, 0) is 54.8 Å².